The van der Waals surface area contributed by atoms with Gasteiger partial charge in [-0.25, -0.2) is 0 Å². The summed E-state index contributed by atoms with van der Waals surface area (Å²) in [4.78, 5) is 11.4. The SMILES string of the molecule is C#CCCCC(=O)C1CCNC1. The summed E-state index contributed by atoms with van der Waals surface area (Å²) in [7, 11) is 0. The maximum Gasteiger partial charge on any atom is 0.137 e. The van der Waals surface area contributed by atoms with Crippen LogP contribution in [0.5, 0.6) is 0 Å². The Morgan fingerprint density at radius 2 is 2.50 bits per heavy atom. The highest BCUT2D eigenvalue weighted by Gasteiger charge is 2.21. The van der Waals surface area contributed by atoms with E-state index in [4.69, 9.17) is 6.42 Å². The van der Waals surface area contributed by atoms with Crippen molar-refractivity contribution in [3.8, 4) is 12.3 Å². The molecule has 66 valence electrons. The standard InChI is InChI=1S/C10H15NO/c1-2-3-4-5-10(12)9-6-7-11-8-9/h1,9,11H,3-8H2. The molecule has 1 heterocycles. The Morgan fingerprint density at radius 1 is 1.67 bits per heavy atom. The van der Waals surface area contributed by atoms with Crippen LogP contribution in [0, 0.1) is 18.3 Å². The number of carbonyl (C=O) groups excluding carboxylic acids is 1. The van der Waals surface area contributed by atoms with Crippen molar-refractivity contribution in [2.45, 2.75) is 25.7 Å². The van der Waals surface area contributed by atoms with Gasteiger partial charge in [-0.15, -0.1) is 12.3 Å². The van der Waals surface area contributed by atoms with Crippen LogP contribution in [0.25, 0.3) is 0 Å². The molecule has 0 spiro atoms. The second kappa shape index (κ2) is 4.95. The van der Waals surface area contributed by atoms with Crippen LogP contribution in [0.1, 0.15) is 25.7 Å². The maximum atomic E-state index is 11.4. The first-order chi connectivity index (χ1) is 5.84. The summed E-state index contributed by atoms with van der Waals surface area (Å²) in [6.45, 7) is 1.86. The van der Waals surface area contributed by atoms with Gasteiger partial charge in [0.1, 0.15) is 5.78 Å². The number of Topliss-reactive ketones (excluding diaryl/α,β-unsaturated/α-hetero) is 1. The van der Waals surface area contributed by atoms with Gasteiger partial charge in [-0.2, -0.15) is 0 Å². The topological polar surface area (TPSA) is 29.1 Å². The predicted octanol–water partition coefficient (Wildman–Crippen LogP) is 0.968. The van der Waals surface area contributed by atoms with E-state index >= 15 is 0 Å². The number of hydrogen-bond acceptors (Lipinski definition) is 2. The minimum atomic E-state index is 0.266. The zero-order chi connectivity index (χ0) is 8.81. The number of ketones is 1. The molecule has 1 fully saturated rings. The van der Waals surface area contributed by atoms with Gasteiger partial charge in [-0.1, -0.05) is 0 Å². The molecule has 2 nitrogen and oxygen atoms in total. The highest BCUT2D eigenvalue weighted by Crippen LogP contribution is 2.12. The van der Waals surface area contributed by atoms with Crippen LogP contribution in [0.2, 0.25) is 0 Å². The minimum Gasteiger partial charge on any atom is -0.316 e. The highest BCUT2D eigenvalue weighted by molar-refractivity contribution is 5.81. The van der Waals surface area contributed by atoms with Gasteiger partial charge in [0.05, 0.1) is 0 Å². The average Bonchev–Trinajstić information content (AvgIpc) is 2.56. The summed E-state index contributed by atoms with van der Waals surface area (Å²) in [5, 5.41) is 3.18. The molecule has 0 radical (unpaired) electrons. The molecule has 0 aromatic carbocycles. The average molecular weight is 165 g/mol. The lowest BCUT2D eigenvalue weighted by Crippen LogP contribution is -2.17. The second-order valence-corrected chi connectivity index (χ2v) is 3.21. The van der Waals surface area contributed by atoms with Gasteiger partial charge < -0.3 is 5.32 Å². The molecular formula is C10H15NO. The van der Waals surface area contributed by atoms with Gasteiger partial charge in [0.2, 0.25) is 0 Å². The number of rotatable bonds is 4. The van der Waals surface area contributed by atoms with E-state index < -0.39 is 0 Å². The van der Waals surface area contributed by atoms with E-state index in [1.807, 2.05) is 0 Å². The molecule has 1 rings (SSSR count). The van der Waals surface area contributed by atoms with Gasteiger partial charge in [-0.3, -0.25) is 4.79 Å². The number of nitrogens with one attached hydrogen (secondary N) is 1. The maximum absolute atomic E-state index is 11.4. The molecule has 0 bridgehead atoms. The number of hydrogen-bond donors (Lipinski definition) is 1. The molecule has 12 heavy (non-hydrogen) atoms. The Kier molecular flexibility index (Phi) is 3.83. The lowest BCUT2D eigenvalue weighted by atomic mass is 9.99. The van der Waals surface area contributed by atoms with Crippen LogP contribution in [-0.4, -0.2) is 18.9 Å². The van der Waals surface area contributed by atoms with Gasteiger partial charge in [-0.05, 0) is 19.4 Å². The normalized spacial score (nSPS) is 22.1. The molecule has 0 amide bonds. The first kappa shape index (κ1) is 9.28. The fourth-order valence-corrected chi connectivity index (χ4v) is 1.50. The van der Waals surface area contributed by atoms with Crippen LogP contribution >= 0.6 is 0 Å². The molecule has 1 N–H and O–H groups in total. The molecule has 2 heteroatoms. The molecule has 1 saturated heterocycles. The van der Waals surface area contributed by atoms with Gasteiger partial charge in [0, 0.05) is 25.3 Å². The molecule has 0 aromatic rings. The summed E-state index contributed by atoms with van der Waals surface area (Å²) in [5.41, 5.74) is 0. The Labute approximate surface area is 73.7 Å². The van der Waals surface area contributed by atoms with Crippen molar-refractivity contribution in [3.05, 3.63) is 0 Å². The van der Waals surface area contributed by atoms with Crippen molar-refractivity contribution >= 4 is 5.78 Å². The van der Waals surface area contributed by atoms with Crippen LogP contribution in [0.15, 0.2) is 0 Å². The fourth-order valence-electron chi connectivity index (χ4n) is 1.50. The Morgan fingerprint density at radius 3 is 3.08 bits per heavy atom. The van der Waals surface area contributed by atoms with Gasteiger partial charge in [0.25, 0.3) is 0 Å². The largest absolute Gasteiger partial charge is 0.316 e. The van der Waals surface area contributed by atoms with E-state index in [0.717, 1.165) is 32.4 Å². The number of unbranched alkanes of at least 4 members (excludes halogenated alkanes) is 1. The van der Waals surface area contributed by atoms with E-state index in [9.17, 15) is 4.79 Å². The first-order valence-electron chi connectivity index (χ1n) is 4.51. The third kappa shape index (κ3) is 2.67. The van der Waals surface area contributed by atoms with E-state index in [-0.39, 0.29) is 5.92 Å². The lowest BCUT2D eigenvalue weighted by molar-refractivity contribution is -0.122. The van der Waals surface area contributed by atoms with Crippen molar-refractivity contribution in [3.63, 3.8) is 0 Å². The second-order valence-electron chi connectivity index (χ2n) is 3.21. The number of carbonyl (C=O) groups is 1. The van der Waals surface area contributed by atoms with Crippen LogP contribution in [-0.2, 0) is 4.79 Å². The monoisotopic (exact) mass is 165 g/mol. The molecule has 1 atom stereocenters. The van der Waals surface area contributed by atoms with Gasteiger partial charge >= 0.3 is 0 Å². The van der Waals surface area contributed by atoms with Crippen molar-refractivity contribution < 1.29 is 4.79 Å². The molecule has 0 saturated carbocycles. The summed E-state index contributed by atoms with van der Waals surface area (Å²) >= 11 is 0. The van der Waals surface area contributed by atoms with Crippen molar-refractivity contribution in [2.24, 2.45) is 5.92 Å². The molecular weight excluding hydrogens is 150 g/mol. The van der Waals surface area contributed by atoms with E-state index in [0.29, 0.717) is 12.2 Å². The molecule has 0 aromatic heterocycles. The quantitative estimate of drug-likeness (QED) is 0.497. The Bertz CT molecular complexity index is 187. The third-order valence-corrected chi connectivity index (χ3v) is 2.26. The zero-order valence-electron chi connectivity index (χ0n) is 7.31. The predicted molar refractivity (Wildman–Crippen MR) is 48.7 cm³/mol. The Hall–Kier alpha value is -0.810. The summed E-state index contributed by atoms with van der Waals surface area (Å²) in [6.07, 6.45) is 8.35. The van der Waals surface area contributed by atoms with Crippen LogP contribution in [0.3, 0.4) is 0 Å². The van der Waals surface area contributed by atoms with E-state index in [1.165, 1.54) is 0 Å². The van der Waals surface area contributed by atoms with Crippen LogP contribution in [0.4, 0.5) is 0 Å². The molecule has 1 unspecified atom stereocenters. The molecule has 1 aliphatic rings. The molecule has 0 aliphatic carbocycles. The van der Waals surface area contributed by atoms with E-state index in [2.05, 4.69) is 11.2 Å². The summed E-state index contributed by atoms with van der Waals surface area (Å²) in [6, 6.07) is 0. The summed E-state index contributed by atoms with van der Waals surface area (Å²) < 4.78 is 0. The van der Waals surface area contributed by atoms with E-state index in [1.54, 1.807) is 0 Å². The fraction of sp³-hybridized carbons (Fsp3) is 0.700. The Balaban J connectivity index is 2.15. The first-order valence-corrected chi connectivity index (χ1v) is 4.51. The highest BCUT2D eigenvalue weighted by atomic mass is 16.1. The number of terminal acetylenes is 1. The van der Waals surface area contributed by atoms with Crippen LogP contribution < -0.4 is 5.32 Å². The zero-order valence-corrected chi connectivity index (χ0v) is 7.31. The van der Waals surface area contributed by atoms with Crippen molar-refractivity contribution in [1.29, 1.82) is 0 Å². The van der Waals surface area contributed by atoms with Crippen molar-refractivity contribution in [1.82, 2.24) is 5.32 Å². The minimum absolute atomic E-state index is 0.266. The lowest BCUT2D eigenvalue weighted by Gasteiger charge is -2.04. The smallest absolute Gasteiger partial charge is 0.137 e. The third-order valence-electron chi connectivity index (χ3n) is 2.26. The summed E-state index contributed by atoms with van der Waals surface area (Å²) in [5.74, 6) is 3.20. The van der Waals surface area contributed by atoms with Gasteiger partial charge in [0.15, 0.2) is 0 Å². The molecule has 1 aliphatic heterocycles. The van der Waals surface area contributed by atoms with Crippen molar-refractivity contribution in [2.75, 3.05) is 13.1 Å².